The summed E-state index contributed by atoms with van der Waals surface area (Å²) in [5.41, 5.74) is 0. The molecule has 0 saturated heterocycles. The van der Waals surface area contributed by atoms with E-state index >= 15 is 0 Å². The van der Waals surface area contributed by atoms with Crippen molar-refractivity contribution in [1.29, 1.82) is 0 Å². The Bertz CT molecular complexity index is 412. The number of nitrogens with one attached hydrogen (secondary N) is 1. The average molecular weight is 368 g/mol. The fourth-order valence-corrected chi connectivity index (χ4v) is 0.546. The Balaban J connectivity index is -0.0000000695. The number of hydrogen-bond acceptors (Lipinski definition) is 13. The molecule has 0 atom stereocenters. The molecule has 1 rings (SSSR count). The van der Waals surface area contributed by atoms with Gasteiger partial charge >= 0.3 is 7.43 Å². The molecule has 0 unspecified atom stereocenters. The van der Waals surface area contributed by atoms with Crippen molar-refractivity contribution in [1.82, 2.24) is 9.97 Å². The topological polar surface area (TPSA) is 293 Å². The molecule has 0 aliphatic carbocycles. The summed E-state index contributed by atoms with van der Waals surface area (Å²) in [6, 6.07) is 0. The SMILES string of the molecule is C=CCc1ncc[nH]1.O=[N+]([O-])[O-].O=[N+]([O-])[O-].O=[N+]([O-])[O-].O=[N+]([O-])[O-].[C+4]. The molecule has 25 heavy (non-hydrogen) atoms. The van der Waals surface area contributed by atoms with E-state index in [1.807, 2.05) is 6.08 Å². The zero-order valence-corrected chi connectivity index (χ0v) is 11.8. The number of allylic oxidation sites excluding steroid dienone is 1. The number of hydrogen-bond donors (Lipinski definition) is 1. The summed E-state index contributed by atoms with van der Waals surface area (Å²) in [6.07, 6.45) is 6.18. The van der Waals surface area contributed by atoms with Gasteiger partial charge < -0.3 is 66.3 Å². The summed E-state index contributed by atoms with van der Waals surface area (Å²) >= 11 is 0. The maximum atomic E-state index is 8.25. The number of aromatic nitrogens is 2. The van der Waals surface area contributed by atoms with Gasteiger partial charge in [-0.05, 0) is 0 Å². The van der Waals surface area contributed by atoms with E-state index in [9.17, 15) is 0 Å². The zero-order valence-electron chi connectivity index (χ0n) is 11.8. The smallest absolute Gasteiger partial charge is 0.356 e. The zero-order chi connectivity index (χ0) is 20.1. The predicted octanol–water partition coefficient (Wildman–Crippen LogP) is 0.263. The molecule has 0 fully saturated rings. The van der Waals surface area contributed by atoms with Gasteiger partial charge in [0.2, 0.25) is 0 Å². The van der Waals surface area contributed by atoms with Crippen LogP contribution in [0, 0.1) is 68.7 Å². The number of rotatable bonds is 2. The van der Waals surface area contributed by atoms with Gasteiger partial charge in [-0.25, -0.2) is 4.98 Å². The van der Waals surface area contributed by atoms with E-state index in [0.717, 1.165) is 12.2 Å². The first-order valence-electron chi connectivity index (χ1n) is 4.71. The predicted molar refractivity (Wildman–Crippen MR) is 77.2 cm³/mol. The van der Waals surface area contributed by atoms with Crippen LogP contribution in [0.15, 0.2) is 25.0 Å². The standard InChI is InChI=1S/C6H8N2.C.4NO3/c1-2-3-6-7-4-5-8-6;;4*2-1(3)4/h2,4-5H,1,3H2,(H,7,8);;;;;/q;+4;4*-1. The third-order valence-corrected chi connectivity index (χ3v) is 0.893. The first-order valence-corrected chi connectivity index (χ1v) is 4.71. The molecule has 138 valence electrons. The maximum Gasteiger partial charge on any atom is 4.00 e. The fraction of sp³-hybridized carbons (Fsp3) is 0.143. The molecule has 0 radical (unpaired) electrons. The molecular formula is C7H8N6O12. The van der Waals surface area contributed by atoms with Crippen LogP contribution in [0.2, 0.25) is 0 Å². The molecule has 0 bridgehead atoms. The normalized spacial score (nSPS) is 6.72. The molecule has 1 aromatic rings. The minimum absolute atomic E-state index is 0. The van der Waals surface area contributed by atoms with Crippen molar-refractivity contribution < 1.29 is 20.3 Å². The van der Waals surface area contributed by atoms with Crippen LogP contribution in [0.1, 0.15) is 5.82 Å². The van der Waals surface area contributed by atoms with Crippen LogP contribution in [-0.2, 0) is 6.42 Å². The van der Waals surface area contributed by atoms with Gasteiger partial charge in [-0.3, -0.25) is 0 Å². The maximum absolute atomic E-state index is 8.25. The summed E-state index contributed by atoms with van der Waals surface area (Å²) in [5.74, 6) is 0.972. The molecule has 1 heterocycles. The Hall–Kier alpha value is -4.25. The number of nitrogens with zero attached hydrogens (tertiary/aromatic N) is 5. The summed E-state index contributed by atoms with van der Waals surface area (Å²) in [7, 11) is 0. The Labute approximate surface area is 137 Å². The van der Waals surface area contributed by atoms with Crippen LogP contribution in [0.4, 0.5) is 0 Å². The summed E-state index contributed by atoms with van der Waals surface area (Å²) in [5, 5.41) is 59.0. The Morgan fingerprint density at radius 3 is 1.32 bits per heavy atom. The van der Waals surface area contributed by atoms with Gasteiger partial charge in [-0.2, -0.15) is 0 Å². The third-order valence-electron chi connectivity index (χ3n) is 0.893. The van der Waals surface area contributed by atoms with E-state index in [4.69, 9.17) is 61.3 Å². The van der Waals surface area contributed by atoms with Crippen LogP contribution in [0.25, 0.3) is 0 Å². The van der Waals surface area contributed by atoms with Gasteiger partial charge in [-0.1, -0.05) is 6.08 Å². The van der Waals surface area contributed by atoms with Crippen molar-refractivity contribution in [2.75, 3.05) is 0 Å². The summed E-state index contributed by atoms with van der Waals surface area (Å²) in [6.45, 7) is 3.58. The minimum Gasteiger partial charge on any atom is -0.356 e. The van der Waals surface area contributed by atoms with Crippen molar-refractivity contribution in [3.05, 3.63) is 99.6 Å². The first-order chi connectivity index (χ1) is 10.9. The van der Waals surface area contributed by atoms with Gasteiger partial charge in [0.1, 0.15) is 5.82 Å². The Kier molecular flexibility index (Phi) is 32.3. The van der Waals surface area contributed by atoms with Crippen molar-refractivity contribution in [3.63, 3.8) is 0 Å². The van der Waals surface area contributed by atoms with Gasteiger partial charge in [-0.15, -0.1) is 6.58 Å². The molecule has 0 aliphatic heterocycles. The Morgan fingerprint density at radius 1 is 0.880 bits per heavy atom. The molecule has 18 heteroatoms. The van der Waals surface area contributed by atoms with Crippen LogP contribution < -0.4 is 0 Å². The monoisotopic (exact) mass is 368 g/mol. The molecule has 1 N–H and O–H groups in total. The van der Waals surface area contributed by atoms with E-state index in [-0.39, 0.29) is 7.43 Å². The van der Waals surface area contributed by atoms with Gasteiger partial charge in [0.15, 0.2) is 0 Å². The molecule has 18 nitrogen and oxygen atoms in total. The largest absolute Gasteiger partial charge is 4.00 e. The van der Waals surface area contributed by atoms with Crippen LogP contribution in [0.3, 0.4) is 0 Å². The molecule has 0 aromatic carbocycles. The van der Waals surface area contributed by atoms with Crippen molar-refractivity contribution in [2.45, 2.75) is 6.42 Å². The van der Waals surface area contributed by atoms with Crippen molar-refractivity contribution in [3.8, 4) is 0 Å². The van der Waals surface area contributed by atoms with E-state index < -0.39 is 20.3 Å². The van der Waals surface area contributed by atoms with Crippen LogP contribution in [0.5, 0.6) is 0 Å². The molecule has 0 spiro atoms. The van der Waals surface area contributed by atoms with Crippen LogP contribution >= 0.6 is 0 Å². The van der Waals surface area contributed by atoms with E-state index in [1.165, 1.54) is 0 Å². The number of aromatic amines is 1. The summed E-state index contributed by atoms with van der Waals surface area (Å²) < 4.78 is 0. The number of imidazole rings is 1. The second-order valence-corrected chi connectivity index (χ2v) is 2.42. The quantitative estimate of drug-likeness (QED) is 0.416. The molecule has 1 aromatic heterocycles. The Morgan fingerprint density at radius 2 is 1.16 bits per heavy atom. The molecule has 0 aliphatic rings. The summed E-state index contributed by atoms with van der Waals surface area (Å²) in [4.78, 5) is 39.9. The average Bonchev–Trinajstić information content (AvgIpc) is 2.79. The van der Waals surface area contributed by atoms with Gasteiger partial charge in [0.25, 0.3) is 0 Å². The number of H-pyrrole nitrogens is 1. The van der Waals surface area contributed by atoms with Crippen molar-refractivity contribution in [2.24, 2.45) is 0 Å². The van der Waals surface area contributed by atoms with E-state index in [1.54, 1.807) is 12.4 Å². The molecule has 0 amide bonds. The second kappa shape index (κ2) is 24.7. The molecular weight excluding hydrogens is 360 g/mol. The van der Waals surface area contributed by atoms with Crippen molar-refractivity contribution >= 4 is 0 Å². The first kappa shape index (κ1) is 32.6. The van der Waals surface area contributed by atoms with Crippen LogP contribution in [-0.4, -0.2) is 30.3 Å². The van der Waals surface area contributed by atoms with E-state index in [0.29, 0.717) is 0 Å². The third kappa shape index (κ3) is 188. The van der Waals surface area contributed by atoms with Gasteiger partial charge in [0.05, 0.1) is 20.3 Å². The molecule has 0 saturated carbocycles. The fourth-order valence-electron chi connectivity index (χ4n) is 0.546. The second-order valence-electron chi connectivity index (χ2n) is 2.42. The van der Waals surface area contributed by atoms with E-state index in [2.05, 4.69) is 16.5 Å². The van der Waals surface area contributed by atoms with Gasteiger partial charge in [0, 0.05) is 18.8 Å². The minimum atomic E-state index is -1.75.